The van der Waals surface area contributed by atoms with Gasteiger partial charge in [-0.25, -0.2) is 4.79 Å². The van der Waals surface area contributed by atoms with Crippen molar-refractivity contribution < 1.29 is 54.0 Å². The van der Waals surface area contributed by atoms with Crippen LogP contribution in [0.25, 0.3) is 0 Å². The van der Waals surface area contributed by atoms with Crippen molar-refractivity contribution in [3.63, 3.8) is 0 Å². The Hall–Kier alpha value is -1.15. The minimum atomic E-state index is -0.935. The molecule has 0 bridgehead atoms. The van der Waals surface area contributed by atoms with Crippen molar-refractivity contribution in [2.24, 2.45) is 0 Å². The van der Waals surface area contributed by atoms with E-state index >= 15 is 0 Å². The number of ether oxygens (including phenoxy) is 5. The summed E-state index contributed by atoms with van der Waals surface area (Å²) in [6.45, 7) is 19.2. The van der Waals surface area contributed by atoms with E-state index in [0.717, 1.165) is 0 Å². The zero-order valence-electron chi connectivity index (χ0n) is 23.4. The van der Waals surface area contributed by atoms with Crippen LogP contribution in [0, 0.1) is 0 Å². The Morgan fingerprint density at radius 1 is 0.611 bits per heavy atom. The Bertz CT molecular complexity index is 502. The molecular weight excluding hydrogens is 476 g/mol. The normalized spacial score (nSPS) is 16.7. The third-order valence-corrected chi connectivity index (χ3v) is 3.97. The molecule has 0 aliphatic carbocycles. The largest absolute Gasteiger partial charge is 0.478 e. The average Bonchev–Trinajstić information content (AvgIpc) is 2.82. The Morgan fingerprint density at radius 3 is 1.03 bits per heavy atom. The number of hydrogen-bond donors (Lipinski definition) is 5. The molecule has 0 aliphatic heterocycles. The molecule has 0 aliphatic rings. The number of rotatable bonds is 18. The number of aliphatic carboxylic acids is 1. The fraction of sp³-hybridized carbons (Fsp3) is 0.880. The highest BCUT2D eigenvalue weighted by Crippen LogP contribution is 2.00. The lowest BCUT2D eigenvalue weighted by Crippen LogP contribution is -2.27. The van der Waals surface area contributed by atoms with E-state index in [2.05, 4.69) is 6.58 Å². The van der Waals surface area contributed by atoms with Crippen molar-refractivity contribution in [2.75, 3.05) is 46.2 Å². The van der Waals surface area contributed by atoms with Gasteiger partial charge in [0.05, 0.1) is 89.0 Å². The quantitative estimate of drug-likeness (QED) is 0.163. The summed E-state index contributed by atoms with van der Waals surface area (Å²) in [7, 11) is 0. The van der Waals surface area contributed by atoms with E-state index < -0.39 is 18.2 Å². The highest BCUT2D eigenvalue weighted by atomic mass is 16.6. The topological polar surface area (TPSA) is 164 Å². The van der Waals surface area contributed by atoms with Gasteiger partial charge in [-0.05, 0) is 55.4 Å². The molecule has 36 heavy (non-hydrogen) atoms. The van der Waals surface area contributed by atoms with E-state index in [9.17, 15) is 4.79 Å². The molecule has 0 amide bonds. The summed E-state index contributed by atoms with van der Waals surface area (Å²) in [5.41, 5.74) is 0.176. The summed E-state index contributed by atoms with van der Waals surface area (Å²) in [4.78, 5) is 9.60. The first kappa shape index (κ1) is 39.4. The second-order valence-corrected chi connectivity index (χ2v) is 8.87. The van der Waals surface area contributed by atoms with Crippen molar-refractivity contribution in [1.82, 2.24) is 0 Å². The predicted molar refractivity (Wildman–Crippen MR) is 137 cm³/mol. The first-order valence-electron chi connectivity index (χ1n) is 12.2. The summed E-state index contributed by atoms with van der Waals surface area (Å²) < 4.78 is 26.7. The van der Waals surface area contributed by atoms with Gasteiger partial charge in [0.2, 0.25) is 0 Å². The third kappa shape index (κ3) is 32.8. The maximum Gasteiger partial charge on any atom is 0.330 e. The fourth-order valence-electron chi connectivity index (χ4n) is 1.76. The Balaban J connectivity index is -0.000000505. The van der Waals surface area contributed by atoms with Crippen LogP contribution in [-0.2, 0) is 28.5 Å². The summed E-state index contributed by atoms with van der Waals surface area (Å²) in [5.74, 6) is -0.935. The monoisotopic (exact) mass is 528 g/mol. The van der Waals surface area contributed by atoms with Crippen molar-refractivity contribution in [2.45, 2.75) is 98.1 Å². The van der Waals surface area contributed by atoms with Crippen LogP contribution in [0.15, 0.2) is 12.2 Å². The summed E-state index contributed by atoms with van der Waals surface area (Å²) in [6, 6.07) is 0. The van der Waals surface area contributed by atoms with E-state index in [1.54, 1.807) is 27.7 Å². The van der Waals surface area contributed by atoms with Gasteiger partial charge in [-0.3, -0.25) is 0 Å². The molecule has 218 valence electrons. The number of carboxylic acid groups (broad SMARTS) is 1. The zero-order chi connectivity index (χ0) is 28.7. The Morgan fingerprint density at radius 2 is 0.833 bits per heavy atom. The van der Waals surface area contributed by atoms with E-state index in [1.165, 1.54) is 6.92 Å². The molecule has 11 nitrogen and oxygen atoms in total. The molecule has 7 atom stereocenters. The molecule has 5 N–H and O–H groups in total. The van der Waals surface area contributed by atoms with Gasteiger partial charge in [-0.15, -0.1) is 0 Å². The number of carbonyl (C=O) groups is 1. The molecule has 0 aromatic carbocycles. The molecule has 0 fully saturated rings. The average molecular weight is 529 g/mol. The van der Waals surface area contributed by atoms with Crippen molar-refractivity contribution >= 4 is 5.97 Å². The summed E-state index contributed by atoms with van der Waals surface area (Å²) >= 11 is 0. The number of aliphatic hydroxyl groups is 4. The standard InChI is InChI=1S/C12H26O5.C9H20O4.C4H6O2/c1-9(14)6-15-11(3)8-17-12(4)7-16-10(2)5-13;1-7(11)5-12-9(3)6-13-8(2)4-10;1-3(2)4(5)6/h9-14H,5-8H2,1-4H3;7-11H,4-6H2,1-3H3;1H2,2H3,(H,5,6). The van der Waals surface area contributed by atoms with Gasteiger partial charge in [0.25, 0.3) is 0 Å². The number of hydrogen-bond acceptors (Lipinski definition) is 10. The molecule has 0 aromatic heterocycles. The second kappa shape index (κ2) is 25.5. The minimum absolute atomic E-state index is 0.0145. The van der Waals surface area contributed by atoms with E-state index in [4.69, 9.17) is 49.2 Å². The van der Waals surface area contributed by atoms with Crippen LogP contribution in [0.3, 0.4) is 0 Å². The van der Waals surface area contributed by atoms with Gasteiger partial charge in [-0.2, -0.15) is 0 Å². The van der Waals surface area contributed by atoms with Crippen LogP contribution in [-0.4, -0.2) is 120 Å². The lowest BCUT2D eigenvalue weighted by atomic mass is 10.3. The molecule has 0 rings (SSSR count). The molecule has 11 heteroatoms. The van der Waals surface area contributed by atoms with Crippen molar-refractivity contribution in [1.29, 1.82) is 0 Å². The second-order valence-electron chi connectivity index (χ2n) is 8.87. The molecule has 0 heterocycles. The zero-order valence-corrected chi connectivity index (χ0v) is 23.4. The Labute approximate surface area is 217 Å². The predicted octanol–water partition coefficient (Wildman–Crippen LogP) is 1.39. The SMILES string of the molecule is C=C(C)C(=O)O.CC(O)COC(C)COC(C)CO.CC(O)COC(C)COC(C)COC(C)CO. The number of aliphatic hydroxyl groups excluding tert-OH is 4. The fourth-order valence-corrected chi connectivity index (χ4v) is 1.76. The highest BCUT2D eigenvalue weighted by Gasteiger charge is 2.10. The van der Waals surface area contributed by atoms with Crippen molar-refractivity contribution in [3.05, 3.63) is 12.2 Å². The molecule has 0 saturated carbocycles. The number of carboxylic acids is 1. The first-order chi connectivity index (χ1) is 16.7. The lowest BCUT2D eigenvalue weighted by molar-refractivity contribution is -0.132. The highest BCUT2D eigenvalue weighted by molar-refractivity contribution is 5.84. The molecular formula is C25H52O11. The summed E-state index contributed by atoms with van der Waals surface area (Å²) in [6.07, 6.45) is -1.36. The maximum atomic E-state index is 9.60. The van der Waals surface area contributed by atoms with E-state index in [0.29, 0.717) is 33.0 Å². The van der Waals surface area contributed by atoms with Gasteiger partial charge in [0, 0.05) is 5.57 Å². The third-order valence-electron chi connectivity index (χ3n) is 3.97. The first-order valence-corrected chi connectivity index (χ1v) is 12.2. The van der Waals surface area contributed by atoms with Crippen LogP contribution in [0.4, 0.5) is 0 Å². The minimum Gasteiger partial charge on any atom is -0.478 e. The lowest BCUT2D eigenvalue weighted by Gasteiger charge is -2.19. The molecule has 0 spiro atoms. The van der Waals surface area contributed by atoms with E-state index in [1.807, 2.05) is 20.8 Å². The van der Waals surface area contributed by atoms with Crippen LogP contribution in [0.1, 0.15) is 55.4 Å². The van der Waals surface area contributed by atoms with Gasteiger partial charge in [-0.1, -0.05) is 6.58 Å². The van der Waals surface area contributed by atoms with Crippen LogP contribution < -0.4 is 0 Å². The molecule has 0 radical (unpaired) electrons. The maximum absolute atomic E-state index is 9.60. The smallest absolute Gasteiger partial charge is 0.330 e. The van der Waals surface area contributed by atoms with Gasteiger partial charge in [0.1, 0.15) is 0 Å². The van der Waals surface area contributed by atoms with Crippen molar-refractivity contribution in [3.8, 4) is 0 Å². The molecule has 0 saturated heterocycles. The van der Waals surface area contributed by atoms with Crippen LogP contribution in [0.2, 0.25) is 0 Å². The Kier molecular flexibility index (Phi) is 27.9. The molecule has 0 aromatic rings. The van der Waals surface area contributed by atoms with Crippen LogP contribution in [0.5, 0.6) is 0 Å². The van der Waals surface area contributed by atoms with Gasteiger partial charge in [0.15, 0.2) is 0 Å². The summed E-state index contributed by atoms with van der Waals surface area (Å²) in [5, 5.41) is 43.3. The van der Waals surface area contributed by atoms with E-state index in [-0.39, 0.29) is 49.3 Å². The van der Waals surface area contributed by atoms with Gasteiger partial charge < -0.3 is 49.2 Å². The van der Waals surface area contributed by atoms with Gasteiger partial charge >= 0.3 is 5.97 Å². The van der Waals surface area contributed by atoms with Crippen LogP contribution >= 0.6 is 0 Å². The molecule has 7 unspecified atom stereocenters.